The minimum Gasteiger partial charge on any atom is -0.322 e. The molecule has 170 valence electrons. The summed E-state index contributed by atoms with van der Waals surface area (Å²) in [5.74, 6) is -0.0602. The Bertz CT molecular complexity index is 1390. The smallest absolute Gasteiger partial charge is 0.263 e. The monoisotopic (exact) mass is 479 g/mol. The van der Waals surface area contributed by atoms with E-state index in [2.05, 4.69) is 28.9 Å². The third-order valence-corrected chi connectivity index (χ3v) is 7.37. The highest BCUT2D eigenvalue weighted by Gasteiger charge is 2.18. The van der Waals surface area contributed by atoms with Crippen LogP contribution in [-0.4, -0.2) is 31.0 Å². The number of carbonyl (C=O) groups is 1. The van der Waals surface area contributed by atoms with Gasteiger partial charge in [-0.2, -0.15) is 5.10 Å². The van der Waals surface area contributed by atoms with E-state index in [0.717, 1.165) is 28.4 Å². The highest BCUT2D eigenvalue weighted by Crippen LogP contribution is 2.26. The highest BCUT2D eigenvalue weighted by atomic mass is 32.2. The number of rotatable bonds is 8. The van der Waals surface area contributed by atoms with Gasteiger partial charge in [0.25, 0.3) is 5.56 Å². The molecule has 0 fully saturated rings. The fourth-order valence-corrected chi connectivity index (χ4v) is 5.39. The van der Waals surface area contributed by atoms with Crippen LogP contribution < -0.4 is 10.9 Å². The van der Waals surface area contributed by atoms with E-state index in [4.69, 9.17) is 0 Å². The maximum absolute atomic E-state index is 13.0. The predicted octanol–water partition coefficient (Wildman–Crippen LogP) is 4.74. The van der Waals surface area contributed by atoms with Crippen molar-refractivity contribution < 1.29 is 4.79 Å². The first-order valence-electron chi connectivity index (χ1n) is 10.6. The van der Waals surface area contributed by atoms with Crippen LogP contribution in [0.2, 0.25) is 0 Å². The molecule has 7 nitrogen and oxygen atoms in total. The Morgan fingerprint density at radius 2 is 2.03 bits per heavy atom. The summed E-state index contributed by atoms with van der Waals surface area (Å²) in [5.41, 5.74) is 3.12. The van der Waals surface area contributed by atoms with E-state index in [1.54, 1.807) is 10.6 Å². The van der Waals surface area contributed by atoms with Crippen molar-refractivity contribution >= 4 is 44.9 Å². The van der Waals surface area contributed by atoms with Crippen molar-refractivity contribution in [3.05, 3.63) is 75.7 Å². The number of benzene rings is 1. The summed E-state index contributed by atoms with van der Waals surface area (Å²) in [6.45, 7) is 9.94. The zero-order chi connectivity index (χ0) is 23.5. The van der Waals surface area contributed by atoms with Gasteiger partial charge in [-0.15, -0.1) is 17.9 Å². The first kappa shape index (κ1) is 23.0. The van der Waals surface area contributed by atoms with Crippen LogP contribution in [0.15, 0.2) is 59.0 Å². The molecular weight excluding hydrogens is 454 g/mol. The normalized spacial score (nSPS) is 11.1. The zero-order valence-electron chi connectivity index (χ0n) is 18.8. The van der Waals surface area contributed by atoms with E-state index in [9.17, 15) is 9.59 Å². The molecule has 0 aliphatic carbocycles. The zero-order valence-corrected chi connectivity index (χ0v) is 20.4. The molecule has 4 rings (SSSR count). The highest BCUT2D eigenvalue weighted by molar-refractivity contribution is 7.99. The van der Waals surface area contributed by atoms with E-state index < -0.39 is 0 Å². The van der Waals surface area contributed by atoms with Gasteiger partial charge in [0.2, 0.25) is 5.91 Å². The van der Waals surface area contributed by atoms with Crippen molar-refractivity contribution in [2.45, 2.75) is 38.9 Å². The summed E-state index contributed by atoms with van der Waals surface area (Å²) < 4.78 is 3.39. The van der Waals surface area contributed by atoms with Crippen LogP contribution in [-0.2, 0) is 17.8 Å². The van der Waals surface area contributed by atoms with Crippen LogP contribution in [0.3, 0.4) is 0 Å². The first-order valence-corrected chi connectivity index (χ1v) is 12.4. The number of fused-ring (bicyclic) bond motifs is 1. The van der Waals surface area contributed by atoms with Gasteiger partial charge in [-0.05, 0) is 38.5 Å². The van der Waals surface area contributed by atoms with E-state index in [1.165, 1.54) is 23.1 Å². The summed E-state index contributed by atoms with van der Waals surface area (Å²) in [7, 11) is 0. The van der Waals surface area contributed by atoms with Gasteiger partial charge in [0, 0.05) is 11.4 Å². The minimum atomic E-state index is -0.182. The van der Waals surface area contributed by atoms with E-state index >= 15 is 0 Å². The van der Waals surface area contributed by atoms with E-state index in [1.807, 2.05) is 54.9 Å². The number of aromatic nitrogens is 4. The molecule has 0 atom stereocenters. The van der Waals surface area contributed by atoms with Crippen molar-refractivity contribution in [3.8, 4) is 5.69 Å². The predicted molar refractivity (Wildman–Crippen MR) is 136 cm³/mol. The van der Waals surface area contributed by atoms with Crippen LogP contribution >= 0.6 is 23.1 Å². The molecule has 0 aliphatic rings. The Morgan fingerprint density at radius 1 is 1.27 bits per heavy atom. The Balaban J connectivity index is 1.55. The standard InChI is InChI=1S/C24H25N5O2S2/c1-5-12-28-23(31)19-13-18(6-2)33-22(19)26-24(28)32-14-20(30)25-21-15(3)27-29(16(21)4)17-10-8-7-9-11-17/h5,7-11,13H,1,6,12,14H2,2-4H3,(H,25,30). The van der Waals surface area contributed by atoms with Crippen LogP contribution in [0.5, 0.6) is 0 Å². The molecule has 4 aromatic rings. The van der Waals surface area contributed by atoms with Gasteiger partial charge < -0.3 is 5.32 Å². The van der Waals surface area contributed by atoms with Crippen molar-refractivity contribution in [3.63, 3.8) is 0 Å². The number of para-hydroxylation sites is 1. The molecule has 0 bridgehead atoms. The maximum Gasteiger partial charge on any atom is 0.263 e. The SMILES string of the molecule is C=CCn1c(SCC(=O)Nc2c(C)nn(-c3ccccc3)c2C)nc2sc(CC)cc2c1=O. The fraction of sp³-hybridized carbons (Fsp3) is 0.250. The van der Waals surface area contributed by atoms with Gasteiger partial charge in [0.05, 0.1) is 33.9 Å². The number of nitrogens with one attached hydrogen (secondary N) is 1. The number of amides is 1. The average Bonchev–Trinajstić information content (AvgIpc) is 3.36. The molecule has 0 aliphatic heterocycles. The van der Waals surface area contributed by atoms with Crippen molar-refractivity contribution in [2.75, 3.05) is 11.1 Å². The molecule has 1 amide bonds. The van der Waals surface area contributed by atoms with Crippen LogP contribution in [0, 0.1) is 13.8 Å². The Kier molecular flexibility index (Phi) is 6.80. The molecule has 0 unspecified atom stereocenters. The summed E-state index contributed by atoms with van der Waals surface area (Å²) in [4.78, 5) is 32.3. The average molecular weight is 480 g/mol. The van der Waals surface area contributed by atoms with Crippen LogP contribution in [0.25, 0.3) is 15.9 Å². The number of anilines is 1. The van der Waals surface area contributed by atoms with Gasteiger partial charge in [-0.25, -0.2) is 9.67 Å². The molecule has 0 saturated heterocycles. The first-order chi connectivity index (χ1) is 15.9. The summed E-state index contributed by atoms with van der Waals surface area (Å²) in [6, 6.07) is 11.7. The van der Waals surface area contributed by atoms with Gasteiger partial charge in [-0.1, -0.05) is 43.0 Å². The largest absolute Gasteiger partial charge is 0.322 e. The van der Waals surface area contributed by atoms with E-state index in [-0.39, 0.29) is 17.2 Å². The number of aryl methyl sites for hydroxylation is 2. The third kappa shape index (κ3) is 4.65. The lowest BCUT2D eigenvalue weighted by Gasteiger charge is -2.10. The molecular formula is C24H25N5O2S2. The lowest BCUT2D eigenvalue weighted by molar-refractivity contribution is -0.113. The van der Waals surface area contributed by atoms with Crippen LogP contribution in [0.4, 0.5) is 5.69 Å². The third-order valence-electron chi connectivity index (χ3n) is 5.22. The van der Waals surface area contributed by atoms with Gasteiger partial charge in [0.1, 0.15) is 4.83 Å². The molecule has 1 aromatic carbocycles. The Hall–Kier alpha value is -3.17. The maximum atomic E-state index is 13.0. The lowest BCUT2D eigenvalue weighted by atomic mass is 10.3. The second-order valence-corrected chi connectivity index (χ2v) is 9.57. The Morgan fingerprint density at radius 3 is 2.73 bits per heavy atom. The molecule has 33 heavy (non-hydrogen) atoms. The number of thioether (sulfide) groups is 1. The fourth-order valence-electron chi connectivity index (χ4n) is 3.57. The number of hydrogen-bond acceptors (Lipinski definition) is 6. The summed E-state index contributed by atoms with van der Waals surface area (Å²) in [6.07, 6.45) is 2.51. The Labute approximate surface area is 200 Å². The van der Waals surface area contributed by atoms with Crippen molar-refractivity contribution in [1.29, 1.82) is 0 Å². The van der Waals surface area contributed by atoms with Gasteiger partial charge in [0.15, 0.2) is 5.16 Å². The quantitative estimate of drug-likeness (QED) is 0.224. The van der Waals surface area contributed by atoms with Gasteiger partial charge >= 0.3 is 0 Å². The van der Waals surface area contributed by atoms with Crippen molar-refractivity contribution in [2.24, 2.45) is 0 Å². The number of carbonyl (C=O) groups excluding carboxylic acids is 1. The second-order valence-electron chi connectivity index (χ2n) is 7.51. The summed E-state index contributed by atoms with van der Waals surface area (Å²) in [5, 5.41) is 8.69. The van der Waals surface area contributed by atoms with Crippen molar-refractivity contribution in [1.82, 2.24) is 19.3 Å². The number of nitrogens with zero attached hydrogens (tertiary/aromatic N) is 4. The van der Waals surface area contributed by atoms with Gasteiger partial charge in [-0.3, -0.25) is 14.2 Å². The molecule has 3 aromatic heterocycles. The molecule has 1 N–H and O–H groups in total. The number of thiophene rings is 1. The molecule has 9 heteroatoms. The number of hydrogen-bond donors (Lipinski definition) is 1. The minimum absolute atomic E-state index is 0.102. The van der Waals surface area contributed by atoms with Crippen LogP contribution in [0.1, 0.15) is 23.2 Å². The second kappa shape index (κ2) is 9.76. The molecule has 0 saturated carbocycles. The number of allylic oxidation sites excluding steroid dienone is 1. The topological polar surface area (TPSA) is 81.8 Å². The molecule has 0 radical (unpaired) electrons. The summed E-state index contributed by atoms with van der Waals surface area (Å²) >= 11 is 2.77. The lowest BCUT2D eigenvalue weighted by Crippen LogP contribution is -2.23. The van der Waals surface area contributed by atoms with E-state index in [0.29, 0.717) is 27.6 Å². The molecule has 3 heterocycles. The molecule has 0 spiro atoms.